The molecule has 0 saturated carbocycles. The largest absolute Gasteiger partial charge is 0.272 e. The van der Waals surface area contributed by atoms with Gasteiger partial charge in [0, 0.05) is 5.75 Å². The lowest BCUT2D eigenvalue weighted by Crippen LogP contribution is -2.21. The van der Waals surface area contributed by atoms with Crippen molar-refractivity contribution in [2.75, 3.05) is 5.75 Å². The van der Waals surface area contributed by atoms with Gasteiger partial charge in [-0.3, -0.25) is 4.79 Å². The Bertz CT molecular complexity index is 721. The van der Waals surface area contributed by atoms with E-state index in [-0.39, 0.29) is 11.7 Å². The summed E-state index contributed by atoms with van der Waals surface area (Å²) >= 11 is 1.55. The molecule has 2 aromatic rings. The van der Waals surface area contributed by atoms with Gasteiger partial charge >= 0.3 is 0 Å². The summed E-state index contributed by atoms with van der Waals surface area (Å²) in [6, 6.07) is 12.4. The highest BCUT2D eigenvalue weighted by molar-refractivity contribution is 7.99. The number of halogens is 1. The minimum Gasteiger partial charge on any atom is -0.272 e. The third-order valence-corrected chi connectivity index (χ3v) is 4.40. The molecule has 126 valence electrons. The van der Waals surface area contributed by atoms with E-state index in [0.29, 0.717) is 11.5 Å². The molecule has 0 atom stereocenters. The van der Waals surface area contributed by atoms with E-state index in [0.717, 1.165) is 11.3 Å². The number of benzene rings is 2. The second-order valence-electron chi connectivity index (χ2n) is 5.73. The van der Waals surface area contributed by atoms with Crippen LogP contribution in [-0.4, -0.2) is 17.4 Å². The van der Waals surface area contributed by atoms with E-state index >= 15 is 0 Å². The van der Waals surface area contributed by atoms with Crippen molar-refractivity contribution in [3.05, 3.63) is 70.5 Å². The molecule has 0 aliphatic carbocycles. The van der Waals surface area contributed by atoms with E-state index in [1.54, 1.807) is 30.8 Å². The molecule has 3 nitrogen and oxygen atoms in total. The molecule has 0 fully saturated rings. The maximum absolute atomic E-state index is 12.9. The maximum Gasteiger partial charge on any atom is 0.250 e. The number of nitrogens with zero attached hydrogens (tertiary/aromatic N) is 1. The lowest BCUT2D eigenvalue weighted by atomic mass is 10.1. The van der Waals surface area contributed by atoms with Gasteiger partial charge in [-0.05, 0) is 44.0 Å². The van der Waals surface area contributed by atoms with Crippen LogP contribution in [-0.2, 0) is 10.5 Å². The highest BCUT2D eigenvalue weighted by atomic mass is 32.2. The number of aryl methyl sites for hydroxylation is 2. The molecule has 0 aromatic heterocycles. The highest BCUT2D eigenvalue weighted by Gasteiger charge is 2.03. The molecule has 0 bridgehead atoms. The molecule has 0 heterocycles. The van der Waals surface area contributed by atoms with Crippen LogP contribution >= 0.6 is 11.8 Å². The Morgan fingerprint density at radius 3 is 2.38 bits per heavy atom. The molecule has 1 amide bonds. The van der Waals surface area contributed by atoms with Crippen LogP contribution in [0.15, 0.2) is 47.6 Å². The summed E-state index contributed by atoms with van der Waals surface area (Å²) in [6.07, 6.45) is 0. The minimum absolute atomic E-state index is 0.147. The van der Waals surface area contributed by atoms with Gasteiger partial charge in [0.05, 0.1) is 11.5 Å². The number of hydrogen-bond donors (Lipinski definition) is 1. The van der Waals surface area contributed by atoms with Gasteiger partial charge in [0.1, 0.15) is 5.82 Å². The van der Waals surface area contributed by atoms with Crippen LogP contribution in [0, 0.1) is 19.7 Å². The van der Waals surface area contributed by atoms with Crippen molar-refractivity contribution in [2.24, 2.45) is 5.10 Å². The summed E-state index contributed by atoms with van der Waals surface area (Å²) < 4.78 is 12.9. The molecule has 0 aliphatic rings. The second-order valence-corrected chi connectivity index (χ2v) is 6.71. The molecule has 0 aliphatic heterocycles. The molecular weight excluding hydrogens is 323 g/mol. The van der Waals surface area contributed by atoms with Crippen molar-refractivity contribution >= 4 is 23.4 Å². The van der Waals surface area contributed by atoms with E-state index in [2.05, 4.69) is 42.6 Å². The lowest BCUT2D eigenvalue weighted by Gasteiger charge is -2.05. The fraction of sp³-hybridized carbons (Fsp3) is 0.263. The lowest BCUT2D eigenvalue weighted by molar-refractivity contribution is -0.118. The van der Waals surface area contributed by atoms with Crippen molar-refractivity contribution in [1.29, 1.82) is 0 Å². The van der Waals surface area contributed by atoms with Gasteiger partial charge in [-0.15, -0.1) is 11.8 Å². The van der Waals surface area contributed by atoms with Gasteiger partial charge in [0.15, 0.2) is 0 Å². The monoisotopic (exact) mass is 344 g/mol. The van der Waals surface area contributed by atoms with E-state index in [1.165, 1.54) is 28.8 Å². The van der Waals surface area contributed by atoms with Crippen LogP contribution in [0.25, 0.3) is 0 Å². The summed E-state index contributed by atoms with van der Waals surface area (Å²) in [7, 11) is 0. The Labute approximate surface area is 146 Å². The van der Waals surface area contributed by atoms with Gasteiger partial charge in [-0.2, -0.15) is 5.10 Å². The van der Waals surface area contributed by atoms with Gasteiger partial charge in [0.25, 0.3) is 0 Å². The summed E-state index contributed by atoms with van der Waals surface area (Å²) in [6.45, 7) is 5.91. The highest BCUT2D eigenvalue weighted by Crippen LogP contribution is 2.15. The summed E-state index contributed by atoms with van der Waals surface area (Å²) in [5.41, 5.74) is 7.64. The van der Waals surface area contributed by atoms with Crippen LogP contribution in [0.4, 0.5) is 4.39 Å². The van der Waals surface area contributed by atoms with Gasteiger partial charge in [-0.25, -0.2) is 9.82 Å². The number of thioether (sulfide) groups is 1. The van der Waals surface area contributed by atoms with Crippen molar-refractivity contribution in [2.45, 2.75) is 26.5 Å². The molecule has 0 radical (unpaired) electrons. The zero-order valence-electron chi connectivity index (χ0n) is 14.1. The van der Waals surface area contributed by atoms with Crippen LogP contribution in [0.5, 0.6) is 0 Å². The number of nitrogens with one attached hydrogen (secondary N) is 1. The third kappa shape index (κ3) is 5.81. The Balaban J connectivity index is 1.80. The average molecular weight is 344 g/mol. The number of rotatable bonds is 6. The van der Waals surface area contributed by atoms with Gasteiger partial charge in [-0.1, -0.05) is 41.5 Å². The first-order valence-corrected chi connectivity index (χ1v) is 8.83. The number of hydrogen-bond acceptors (Lipinski definition) is 3. The fourth-order valence-corrected chi connectivity index (χ4v) is 3.10. The molecule has 0 saturated heterocycles. The molecular formula is C19H21FN2OS. The van der Waals surface area contributed by atoms with Crippen LogP contribution in [0.1, 0.15) is 29.2 Å². The maximum atomic E-state index is 12.9. The first-order valence-electron chi connectivity index (χ1n) is 7.68. The standard InChI is InChI=1S/C19H21FN2OS/c1-13-8-14(2)10-16(9-13)11-24-12-19(23)22-21-15(3)17-4-6-18(20)7-5-17/h4-10H,11-12H2,1-3H3,(H,22,23)/b21-15-. The number of carbonyl (C=O) groups is 1. The number of hydrazone groups is 1. The normalized spacial score (nSPS) is 11.4. The average Bonchev–Trinajstić information content (AvgIpc) is 2.52. The summed E-state index contributed by atoms with van der Waals surface area (Å²) in [5, 5.41) is 4.06. The van der Waals surface area contributed by atoms with Crippen LogP contribution in [0.3, 0.4) is 0 Å². The fourth-order valence-electron chi connectivity index (χ4n) is 2.35. The van der Waals surface area contributed by atoms with E-state index in [9.17, 15) is 9.18 Å². The Morgan fingerprint density at radius 1 is 1.12 bits per heavy atom. The number of amides is 1. The van der Waals surface area contributed by atoms with Crippen molar-refractivity contribution in [3.63, 3.8) is 0 Å². The SMILES string of the molecule is C/C(=N/NC(=O)CSCc1cc(C)cc(C)c1)c1ccc(F)cc1. The van der Waals surface area contributed by atoms with Crippen molar-refractivity contribution in [1.82, 2.24) is 5.43 Å². The smallest absolute Gasteiger partial charge is 0.250 e. The predicted molar refractivity (Wildman–Crippen MR) is 98.8 cm³/mol. The first kappa shape index (κ1) is 18.2. The molecule has 24 heavy (non-hydrogen) atoms. The summed E-state index contributed by atoms with van der Waals surface area (Å²) in [4.78, 5) is 11.9. The van der Waals surface area contributed by atoms with E-state index in [1.807, 2.05) is 0 Å². The van der Waals surface area contributed by atoms with Gasteiger partial charge < -0.3 is 0 Å². The van der Waals surface area contributed by atoms with Crippen LogP contribution < -0.4 is 5.43 Å². The Morgan fingerprint density at radius 2 is 1.75 bits per heavy atom. The minimum atomic E-state index is -0.293. The molecule has 0 unspecified atom stereocenters. The predicted octanol–water partition coefficient (Wildman–Crippen LogP) is 4.22. The Kier molecular flexibility index (Phi) is 6.55. The molecule has 2 aromatic carbocycles. The van der Waals surface area contributed by atoms with E-state index in [4.69, 9.17) is 0 Å². The van der Waals surface area contributed by atoms with Gasteiger partial charge in [0.2, 0.25) is 5.91 Å². The van der Waals surface area contributed by atoms with E-state index < -0.39 is 0 Å². The molecule has 1 N–H and O–H groups in total. The molecule has 2 rings (SSSR count). The summed E-state index contributed by atoms with van der Waals surface area (Å²) in [5.74, 6) is 0.688. The molecule has 5 heteroatoms. The topological polar surface area (TPSA) is 41.5 Å². The first-order chi connectivity index (χ1) is 11.4. The quantitative estimate of drug-likeness (QED) is 0.630. The molecule has 0 spiro atoms. The van der Waals surface area contributed by atoms with Crippen molar-refractivity contribution < 1.29 is 9.18 Å². The Hall–Kier alpha value is -2.14. The van der Waals surface area contributed by atoms with Crippen LogP contribution in [0.2, 0.25) is 0 Å². The number of carbonyl (C=O) groups excluding carboxylic acids is 1. The third-order valence-electron chi connectivity index (χ3n) is 3.39. The zero-order chi connectivity index (χ0) is 17.5. The van der Waals surface area contributed by atoms with Crippen molar-refractivity contribution in [3.8, 4) is 0 Å². The zero-order valence-corrected chi connectivity index (χ0v) is 14.9. The second kappa shape index (κ2) is 8.64.